The summed E-state index contributed by atoms with van der Waals surface area (Å²) in [6.07, 6.45) is 2.48. The zero-order chi connectivity index (χ0) is 16.5. The molecule has 5 heteroatoms. The van der Waals surface area contributed by atoms with Gasteiger partial charge in [0.2, 0.25) is 0 Å². The topological polar surface area (TPSA) is 29.0 Å². The number of likely N-dealkylation sites (tertiary alicyclic amines) is 1. The smallest absolute Gasteiger partial charge is 0.142 e. The van der Waals surface area contributed by atoms with E-state index in [-0.39, 0.29) is 10.8 Å². The van der Waals surface area contributed by atoms with Crippen molar-refractivity contribution in [3.63, 3.8) is 0 Å². The second kappa shape index (κ2) is 6.44. The van der Waals surface area contributed by atoms with Crippen molar-refractivity contribution in [1.82, 2.24) is 14.9 Å². The van der Waals surface area contributed by atoms with E-state index in [9.17, 15) is 0 Å². The monoisotopic (exact) mass is 337 g/mol. The maximum atomic E-state index is 5.60. The van der Waals surface area contributed by atoms with Gasteiger partial charge >= 0.3 is 0 Å². The Bertz CT molecular complexity index is 518. The fourth-order valence-corrected chi connectivity index (χ4v) is 3.48. The minimum atomic E-state index is -0.0637. The average molecular weight is 338 g/mol. The van der Waals surface area contributed by atoms with Crippen molar-refractivity contribution in [3.05, 3.63) is 17.6 Å². The second-order valence-corrected chi connectivity index (χ2v) is 9.63. The fourth-order valence-electron chi connectivity index (χ4n) is 2.25. The van der Waals surface area contributed by atoms with Crippen molar-refractivity contribution in [1.29, 1.82) is 0 Å². The van der Waals surface area contributed by atoms with E-state index in [1.54, 1.807) is 11.8 Å². The van der Waals surface area contributed by atoms with Crippen LogP contribution in [-0.4, -0.2) is 32.3 Å². The lowest BCUT2D eigenvalue weighted by Crippen LogP contribution is -2.24. The van der Waals surface area contributed by atoms with Gasteiger partial charge in [0, 0.05) is 23.9 Å². The van der Waals surface area contributed by atoms with Gasteiger partial charge in [-0.05, 0) is 30.7 Å². The molecule has 1 aromatic heterocycles. The maximum absolute atomic E-state index is 5.60. The molecule has 0 atom stereocenters. The molecule has 0 saturated carbocycles. The quantitative estimate of drug-likeness (QED) is 0.426. The predicted molar refractivity (Wildman–Crippen MR) is 98.7 cm³/mol. The van der Waals surface area contributed by atoms with Crippen molar-refractivity contribution in [3.8, 4) is 0 Å². The van der Waals surface area contributed by atoms with Gasteiger partial charge in [0.05, 0.1) is 5.69 Å². The molecule has 0 spiro atoms. The van der Waals surface area contributed by atoms with Crippen molar-refractivity contribution in [2.75, 3.05) is 13.1 Å². The highest BCUT2D eigenvalue weighted by Gasteiger charge is 2.25. The van der Waals surface area contributed by atoms with Gasteiger partial charge in [-0.2, -0.15) is 0 Å². The van der Waals surface area contributed by atoms with Crippen molar-refractivity contribution in [2.24, 2.45) is 0 Å². The van der Waals surface area contributed by atoms with Crippen LogP contribution in [0, 0.1) is 0 Å². The summed E-state index contributed by atoms with van der Waals surface area (Å²) in [6, 6.07) is 2.10. The summed E-state index contributed by atoms with van der Waals surface area (Å²) < 4.78 is 0.941. The third-order valence-electron chi connectivity index (χ3n) is 3.70. The van der Waals surface area contributed by atoms with E-state index in [0.717, 1.165) is 34.0 Å². The van der Waals surface area contributed by atoms with Crippen LogP contribution >= 0.6 is 24.0 Å². The summed E-state index contributed by atoms with van der Waals surface area (Å²) in [6.45, 7) is 15.2. The van der Waals surface area contributed by atoms with Gasteiger partial charge in [-0.15, -0.1) is 0 Å². The molecule has 1 aliphatic heterocycles. The first-order valence-electron chi connectivity index (χ1n) is 7.94. The number of nitrogens with zero attached hydrogens (tertiary/aromatic N) is 3. The molecule has 0 aliphatic carbocycles. The Labute approximate surface area is 144 Å². The van der Waals surface area contributed by atoms with Crippen LogP contribution in [-0.2, 0) is 10.8 Å². The van der Waals surface area contributed by atoms with E-state index in [4.69, 9.17) is 22.2 Å². The number of hydrogen-bond acceptors (Lipinski definition) is 4. The van der Waals surface area contributed by atoms with Gasteiger partial charge in [0.1, 0.15) is 15.2 Å². The fraction of sp³-hybridized carbons (Fsp3) is 0.706. The van der Waals surface area contributed by atoms with E-state index in [1.165, 1.54) is 12.8 Å². The van der Waals surface area contributed by atoms with Crippen LogP contribution in [0.3, 0.4) is 0 Å². The largest absolute Gasteiger partial charge is 0.357 e. The minimum Gasteiger partial charge on any atom is -0.357 e. The van der Waals surface area contributed by atoms with Crippen molar-refractivity contribution >= 4 is 28.3 Å². The number of thioether (sulfide) groups is 1. The summed E-state index contributed by atoms with van der Waals surface area (Å²) >= 11 is 7.21. The highest BCUT2D eigenvalue weighted by atomic mass is 32.2. The lowest BCUT2D eigenvalue weighted by atomic mass is 9.90. The lowest BCUT2D eigenvalue weighted by Gasteiger charge is -2.24. The van der Waals surface area contributed by atoms with Crippen LogP contribution in [0.1, 0.15) is 65.9 Å². The SMILES string of the molecule is CC(C)(C)c1cc(SC(=S)N2CCCC2)nc(C(C)(C)C)n1. The molecule has 0 radical (unpaired) electrons. The Balaban J connectivity index is 2.31. The van der Waals surface area contributed by atoms with Gasteiger partial charge < -0.3 is 4.90 Å². The van der Waals surface area contributed by atoms with E-state index in [2.05, 4.69) is 52.5 Å². The average Bonchev–Trinajstić information content (AvgIpc) is 2.90. The third kappa shape index (κ3) is 4.42. The van der Waals surface area contributed by atoms with Gasteiger partial charge in [-0.1, -0.05) is 53.8 Å². The zero-order valence-electron chi connectivity index (χ0n) is 14.6. The highest BCUT2D eigenvalue weighted by molar-refractivity contribution is 8.22. The molecular weight excluding hydrogens is 310 g/mol. The molecule has 22 heavy (non-hydrogen) atoms. The number of thiocarbonyl (C=S) groups is 1. The molecule has 0 unspecified atom stereocenters. The van der Waals surface area contributed by atoms with Gasteiger partial charge in [0.15, 0.2) is 0 Å². The zero-order valence-corrected chi connectivity index (χ0v) is 16.2. The molecule has 0 aromatic carbocycles. The Morgan fingerprint density at radius 1 is 1.05 bits per heavy atom. The number of aromatic nitrogens is 2. The molecule has 1 fully saturated rings. The second-order valence-electron chi connectivity index (χ2n) is 7.98. The first-order chi connectivity index (χ1) is 10.1. The van der Waals surface area contributed by atoms with Crippen LogP contribution in [0.4, 0.5) is 0 Å². The minimum absolute atomic E-state index is 0.00745. The lowest BCUT2D eigenvalue weighted by molar-refractivity contribution is 0.505. The van der Waals surface area contributed by atoms with Crippen LogP contribution in [0.2, 0.25) is 0 Å². The molecule has 3 nitrogen and oxygen atoms in total. The molecular formula is C17H27N3S2. The van der Waals surface area contributed by atoms with E-state index < -0.39 is 0 Å². The van der Waals surface area contributed by atoms with Crippen molar-refractivity contribution < 1.29 is 0 Å². The molecule has 0 N–H and O–H groups in total. The van der Waals surface area contributed by atoms with Gasteiger partial charge in [0.25, 0.3) is 0 Å². The Hall–Kier alpha value is -0.680. The van der Waals surface area contributed by atoms with E-state index in [1.807, 2.05) is 0 Å². The summed E-state index contributed by atoms with van der Waals surface area (Å²) in [4.78, 5) is 11.9. The first-order valence-corrected chi connectivity index (χ1v) is 9.16. The Kier molecular flexibility index (Phi) is 5.17. The number of hydrogen-bond donors (Lipinski definition) is 0. The van der Waals surface area contributed by atoms with Gasteiger partial charge in [-0.3, -0.25) is 0 Å². The highest BCUT2D eigenvalue weighted by Crippen LogP contribution is 2.30. The summed E-state index contributed by atoms with van der Waals surface area (Å²) in [7, 11) is 0. The molecule has 2 rings (SSSR count). The molecule has 1 aromatic rings. The molecule has 0 amide bonds. The van der Waals surface area contributed by atoms with Crippen molar-refractivity contribution in [2.45, 2.75) is 70.2 Å². The molecule has 2 heterocycles. The molecule has 122 valence electrons. The standard InChI is InChI=1S/C17H27N3S2/c1-16(2,3)12-11-13(19-14(18-12)17(4,5)6)22-15(21)20-9-7-8-10-20/h11H,7-10H2,1-6H3. The Morgan fingerprint density at radius 3 is 2.14 bits per heavy atom. The Morgan fingerprint density at radius 2 is 1.64 bits per heavy atom. The molecule has 0 bridgehead atoms. The number of rotatable bonds is 1. The third-order valence-corrected chi connectivity index (χ3v) is 5.06. The summed E-state index contributed by atoms with van der Waals surface area (Å²) in [5, 5.41) is 0.974. The van der Waals surface area contributed by atoms with Gasteiger partial charge in [-0.25, -0.2) is 9.97 Å². The normalized spacial score (nSPS) is 16.2. The van der Waals surface area contributed by atoms with E-state index in [0.29, 0.717) is 0 Å². The molecule has 1 aliphatic rings. The predicted octanol–water partition coefficient (Wildman–Crippen LogP) is 4.54. The van der Waals surface area contributed by atoms with Crippen LogP contribution in [0.5, 0.6) is 0 Å². The maximum Gasteiger partial charge on any atom is 0.142 e. The van der Waals surface area contributed by atoms with Crippen LogP contribution in [0.15, 0.2) is 11.1 Å². The van der Waals surface area contributed by atoms with Crippen LogP contribution in [0.25, 0.3) is 0 Å². The summed E-state index contributed by atoms with van der Waals surface area (Å²) in [5.41, 5.74) is 1.03. The summed E-state index contributed by atoms with van der Waals surface area (Å²) in [5.74, 6) is 0.895. The van der Waals surface area contributed by atoms with Crippen LogP contribution < -0.4 is 0 Å². The van der Waals surface area contributed by atoms with E-state index >= 15 is 0 Å². The first kappa shape index (κ1) is 17.7. The molecule has 1 saturated heterocycles.